The van der Waals surface area contributed by atoms with E-state index in [0.29, 0.717) is 17.4 Å². The molecule has 0 saturated heterocycles. The molecule has 1 nitrogen and oxygen atoms in total. The smallest absolute Gasteiger partial charge is 0.101 e. The highest BCUT2D eigenvalue weighted by atomic mass is 16.5. The van der Waals surface area contributed by atoms with Crippen LogP contribution in [-0.2, 0) is 4.74 Å². The molecule has 2 bridgehead atoms. The zero-order chi connectivity index (χ0) is 12.8. The van der Waals surface area contributed by atoms with Crippen LogP contribution in [0.15, 0.2) is 36.1 Å². The first kappa shape index (κ1) is 12.1. The minimum Gasteiger partial charge on any atom is -0.494 e. The van der Waals surface area contributed by atoms with Gasteiger partial charge in [0.2, 0.25) is 0 Å². The highest BCUT2D eigenvalue weighted by molar-refractivity contribution is 5.20. The van der Waals surface area contributed by atoms with E-state index in [1.165, 1.54) is 12.8 Å². The Bertz CT molecular complexity index is 413. The van der Waals surface area contributed by atoms with Crippen LogP contribution >= 0.6 is 0 Å². The SMILES string of the molecule is C[C@@H]1[C@H]2C[C@@H](C[C@H]1OC1=CC=CC=CC1)C2(C)C. The molecule has 0 N–H and O–H groups in total. The maximum atomic E-state index is 6.28. The van der Waals surface area contributed by atoms with Crippen molar-refractivity contribution < 1.29 is 4.74 Å². The van der Waals surface area contributed by atoms with E-state index in [1.54, 1.807) is 0 Å². The lowest BCUT2D eigenvalue weighted by Crippen LogP contribution is -2.57. The van der Waals surface area contributed by atoms with Crippen molar-refractivity contribution in [3.05, 3.63) is 36.1 Å². The summed E-state index contributed by atoms with van der Waals surface area (Å²) in [4.78, 5) is 0. The van der Waals surface area contributed by atoms with Gasteiger partial charge < -0.3 is 4.74 Å². The van der Waals surface area contributed by atoms with Gasteiger partial charge in [-0.3, -0.25) is 0 Å². The van der Waals surface area contributed by atoms with Crippen molar-refractivity contribution in [2.75, 3.05) is 0 Å². The molecule has 0 radical (unpaired) electrons. The third-order valence-corrected chi connectivity index (χ3v) is 5.55. The van der Waals surface area contributed by atoms with E-state index in [-0.39, 0.29) is 0 Å². The van der Waals surface area contributed by atoms with Crippen LogP contribution in [0, 0.1) is 23.2 Å². The monoisotopic (exact) mass is 244 g/mol. The standard InChI is InChI=1S/C17H24O/c1-12-15-10-13(17(15,2)3)11-16(12)18-14-8-6-4-5-7-9-14/h4-8,12-13,15-16H,9-11H2,1-3H3/t12-,13+,15-,16-/m1/s1. The van der Waals surface area contributed by atoms with Gasteiger partial charge in [-0.05, 0) is 42.1 Å². The van der Waals surface area contributed by atoms with Crippen LogP contribution in [-0.4, -0.2) is 6.10 Å². The molecule has 0 unspecified atom stereocenters. The van der Waals surface area contributed by atoms with Crippen LogP contribution in [0.25, 0.3) is 0 Å². The van der Waals surface area contributed by atoms with Gasteiger partial charge in [0.25, 0.3) is 0 Å². The number of hydrogen-bond donors (Lipinski definition) is 0. The summed E-state index contributed by atoms with van der Waals surface area (Å²) >= 11 is 0. The topological polar surface area (TPSA) is 9.23 Å². The number of rotatable bonds is 2. The van der Waals surface area contributed by atoms with E-state index in [0.717, 1.165) is 24.0 Å². The molecule has 0 amide bonds. The second-order valence-corrected chi connectivity index (χ2v) is 6.76. The van der Waals surface area contributed by atoms with Crippen LogP contribution < -0.4 is 0 Å². The van der Waals surface area contributed by atoms with Crippen molar-refractivity contribution in [2.45, 2.75) is 46.1 Å². The second kappa shape index (κ2) is 4.29. The van der Waals surface area contributed by atoms with Crippen LogP contribution in [0.3, 0.4) is 0 Å². The predicted molar refractivity (Wildman–Crippen MR) is 75.0 cm³/mol. The van der Waals surface area contributed by atoms with Crippen LogP contribution in [0.2, 0.25) is 0 Å². The average molecular weight is 244 g/mol. The van der Waals surface area contributed by atoms with Crippen molar-refractivity contribution in [3.8, 4) is 0 Å². The van der Waals surface area contributed by atoms with E-state index in [2.05, 4.69) is 51.2 Å². The fraction of sp³-hybridized carbons (Fsp3) is 0.647. The maximum Gasteiger partial charge on any atom is 0.101 e. The molecule has 0 spiro atoms. The Morgan fingerprint density at radius 1 is 1.17 bits per heavy atom. The lowest BCUT2D eigenvalue weighted by atomic mass is 9.45. The summed E-state index contributed by atoms with van der Waals surface area (Å²) < 4.78 is 6.28. The van der Waals surface area contributed by atoms with Gasteiger partial charge in [-0.25, -0.2) is 0 Å². The first-order valence-corrected chi connectivity index (χ1v) is 7.28. The molecule has 0 aliphatic heterocycles. The normalized spacial score (nSPS) is 40.7. The Balaban J connectivity index is 1.67. The van der Waals surface area contributed by atoms with Crippen molar-refractivity contribution in [1.29, 1.82) is 0 Å². The Kier molecular flexibility index (Phi) is 2.88. The second-order valence-electron chi connectivity index (χ2n) is 6.76. The number of fused-ring (bicyclic) bond motifs is 2. The molecule has 4 atom stereocenters. The average Bonchev–Trinajstić information content (AvgIpc) is 2.59. The first-order chi connectivity index (χ1) is 8.59. The van der Waals surface area contributed by atoms with Gasteiger partial charge in [0.05, 0.1) is 0 Å². The largest absolute Gasteiger partial charge is 0.494 e. The molecule has 4 rings (SSSR count). The van der Waals surface area contributed by atoms with Gasteiger partial charge in [0.15, 0.2) is 0 Å². The first-order valence-electron chi connectivity index (χ1n) is 7.28. The summed E-state index contributed by atoms with van der Waals surface area (Å²) in [5.41, 5.74) is 0.552. The van der Waals surface area contributed by atoms with Gasteiger partial charge in [0, 0.05) is 6.42 Å². The molecule has 4 aliphatic carbocycles. The summed E-state index contributed by atoms with van der Waals surface area (Å²) in [6.07, 6.45) is 14.6. The fourth-order valence-electron chi connectivity index (χ4n) is 4.10. The molecule has 0 heterocycles. The summed E-state index contributed by atoms with van der Waals surface area (Å²) in [6, 6.07) is 0. The number of allylic oxidation sites excluding steroid dienone is 5. The van der Waals surface area contributed by atoms with Crippen LogP contribution in [0.4, 0.5) is 0 Å². The Morgan fingerprint density at radius 3 is 2.72 bits per heavy atom. The minimum atomic E-state index is 0.438. The van der Waals surface area contributed by atoms with Crippen molar-refractivity contribution in [1.82, 2.24) is 0 Å². The molecule has 3 saturated carbocycles. The van der Waals surface area contributed by atoms with E-state index in [1.807, 2.05) is 0 Å². The fourth-order valence-corrected chi connectivity index (χ4v) is 4.10. The lowest BCUT2D eigenvalue weighted by Gasteiger charge is -2.61. The molecule has 98 valence electrons. The van der Waals surface area contributed by atoms with Crippen molar-refractivity contribution in [3.63, 3.8) is 0 Å². The van der Waals surface area contributed by atoms with Gasteiger partial charge in [-0.2, -0.15) is 0 Å². The molecule has 3 fully saturated rings. The number of ether oxygens (including phenoxy) is 1. The molecular weight excluding hydrogens is 220 g/mol. The lowest BCUT2D eigenvalue weighted by molar-refractivity contribution is -0.161. The minimum absolute atomic E-state index is 0.438. The maximum absolute atomic E-state index is 6.28. The molecule has 0 aromatic rings. The van der Waals surface area contributed by atoms with Gasteiger partial charge in [0.1, 0.15) is 11.9 Å². The molecule has 4 aliphatic rings. The third kappa shape index (κ3) is 1.84. The van der Waals surface area contributed by atoms with Gasteiger partial charge >= 0.3 is 0 Å². The van der Waals surface area contributed by atoms with Crippen LogP contribution in [0.1, 0.15) is 40.0 Å². The Morgan fingerprint density at radius 2 is 2.00 bits per heavy atom. The molecule has 0 aromatic heterocycles. The van der Waals surface area contributed by atoms with Gasteiger partial charge in [-0.1, -0.05) is 45.1 Å². The number of hydrogen-bond acceptors (Lipinski definition) is 1. The van der Waals surface area contributed by atoms with E-state index in [9.17, 15) is 0 Å². The van der Waals surface area contributed by atoms with Crippen molar-refractivity contribution >= 4 is 0 Å². The molecule has 18 heavy (non-hydrogen) atoms. The van der Waals surface area contributed by atoms with Gasteiger partial charge in [-0.15, -0.1) is 0 Å². The summed E-state index contributed by atoms with van der Waals surface area (Å²) in [5.74, 6) is 3.57. The van der Waals surface area contributed by atoms with Crippen LogP contribution in [0.5, 0.6) is 0 Å². The van der Waals surface area contributed by atoms with E-state index >= 15 is 0 Å². The highest BCUT2D eigenvalue weighted by Crippen LogP contribution is 2.61. The summed E-state index contributed by atoms with van der Waals surface area (Å²) in [7, 11) is 0. The highest BCUT2D eigenvalue weighted by Gasteiger charge is 2.56. The molecule has 0 aromatic carbocycles. The molecule has 1 heteroatoms. The zero-order valence-electron chi connectivity index (χ0n) is 11.7. The van der Waals surface area contributed by atoms with E-state index in [4.69, 9.17) is 4.74 Å². The van der Waals surface area contributed by atoms with E-state index < -0.39 is 0 Å². The summed E-state index contributed by atoms with van der Waals surface area (Å²) in [5, 5.41) is 0. The Labute approximate surface area is 111 Å². The predicted octanol–water partition coefficient (Wildman–Crippen LogP) is 4.47. The zero-order valence-corrected chi connectivity index (χ0v) is 11.7. The van der Waals surface area contributed by atoms with Crippen molar-refractivity contribution in [2.24, 2.45) is 23.2 Å². The Hall–Kier alpha value is -0.980. The molecular formula is C17H24O. The third-order valence-electron chi connectivity index (χ3n) is 5.55. The quantitative estimate of drug-likeness (QED) is 0.696. The summed E-state index contributed by atoms with van der Waals surface area (Å²) in [6.45, 7) is 7.26.